The van der Waals surface area contributed by atoms with Crippen LogP contribution in [0.5, 0.6) is 0 Å². The van der Waals surface area contributed by atoms with E-state index < -0.39 is 30.3 Å². The third kappa shape index (κ3) is 13.2. The number of nitriles is 1. The highest BCUT2D eigenvalue weighted by molar-refractivity contribution is 5.82. The molecule has 1 aliphatic heterocycles. The van der Waals surface area contributed by atoms with E-state index in [1.54, 1.807) is 0 Å². The van der Waals surface area contributed by atoms with E-state index in [1.807, 2.05) is 36.4 Å². The minimum atomic E-state index is -5.08. The summed E-state index contributed by atoms with van der Waals surface area (Å²) in [6.45, 7) is 1.38. The van der Waals surface area contributed by atoms with Crippen LogP contribution in [0.4, 0.5) is 26.3 Å². The fourth-order valence-corrected chi connectivity index (χ4v) is 3.42. The molecule has 0 radical (unpaired) electrons. The zero-order chi connectivity index (χ0) is 31.2. The lowest BCUT2D eigenvalue weighted by molar-refractivity contribution is -0.193. The van der Waals surface area contributed by atoms with Gasteiger partial charge in [0.25, 0.3) is 0 Å². The zero-order valence-electron chi connectivity index (χ0n) is 21.4. The van der Waals surface area contributed by atoms with E-state index in [1.165, 1.54) is 0 Å². The molecule has 41 heavy (non-hydrogen) atoms. The highest BCUT2D eigenvalue weighted by Gasteiger charge is 2.38. The fraction of sp³-hybridized carbons (Fsp3) is 0.385. The Kier molecular flexibility index (Phi) is 13.8. The Morgan fingerprint density at radius 1 is 0.951 bits per heavy atom. The molecule has 15 heteroatoms. The molecule has 2 aromatic rings. The maximum absolute atomic E-state index is 12.3. The third-order valence-electron chi connectivity index (χ3n) is 5.47. The number of hydrogen-bond donors (Lipinski definition) is 5. The molecular weight excluding hydrogens is 562 g/mol. The number of piperidine rings is 1. The minimum Gasteiger partial charge on any atom is -0.475 e. The Labute approximate surface area is 231 Å². The molecule has 0 aromatic heterocycles. The molecule has 1 fully saturated rings. The molecular formula is C26H28F6N4O5. The van der Waals surface area contributed by atoms with Crippen LogP contribution in [0.2, 0.25) is 0 Å². The van der Waals surface area contributed by atoms with Crippen LogP contribution in [0.15, 0.2) is 48.5 Å². The third-order valence-corrected chi connectivity index (χ3v) is 5.47. The van der Waals surface area contributed by atoms with Crippen LogP contribution >= 0.6 is 0 Å². The summed E-state index contributed by atoms with van der Waals surface area (Å²) in [7, 11) is 0. The largest absolute Gasteiger partial charge is 0.490 e. The summed E-state index contributed by atoms with van der Waals surface area (Å²) in [5.41, 5.74) is 10.1. The van der Waals surface area contributed by atoms with Crippen LogP contribution < -0.4 is 16.4 Å². The van der Waals surface area contributed by atoms with Gasteiger partial charge in [-0.2, -0.15) is 31.6 Å². The van der Waals surface area contributed by atoms with E-state index in [9.17, 15) is 36.4 Å². The monoisotopic (exact) mass is 590 g/mol. The lowest BCUT2D eigenvalue weighted by Crippen LogP contribution is -2.49. The van der Waals surface area contributed by atoms with Crippen LogP contribution in [-0.4, -0.2) is 59.0 Å². The predicted octanol–water partition coefficient (Wildman–Crippen LogP) is 3.77. The summed E-state index contributed by atoms with van der Waals surface area (Å²) < 4.78 is 63.5. The van der Waals surface area contributed by atoms with Crippen molar-refractivity contribution >= 4 is 17.8 Å². The first-order chi connectivity index (χ1) is 19.1. The second kappa shape index (κ2) is 16.2. The van der Waals surface area contributed by atoms with Gasteiger partial charge in [0, 0.05) is 13.0 Å². The number of carboxylic acid groups (broad SMARTS) is 2. The van der Waals surface area contributed by atoms with Gasteiger partial charge in [0.15, 0.2) is 0 Å². The van der Waals surface area contributed by atoms with Crippen molar-refractivity contribution in [3.63, 3.8) is 0 Å². The number of benzene rings is 2. The molecule has 3 rings (SSSR count). The van der Waals surface area contributed by atoms with Crippen molar-refractivity contribution < 1.29 is 50.9 Å². The van der Waals surface area contributed by atoms with Crippen molar-refractivity contribution in [2.45, 2.75) is 56.7 Å². The highest BCUT2D eigenvalue weighted by Crippen LogP contribution is 2.21. The number of carbonyl (C=O) groups excluding carboxylic acids is 1. The highest BCUT2D eigenvalue weighted by atomic mass is 19.4. The van der Waals surface area contributed by atoms with Gasteiger partial charge in [-0.25, -0.2) is 9.59 Å². The first-order valence-corrected chi connectivity index (χ1v) is 12.0. The first kappa shape index (κ1) is 34.9. The Morgan fingerprint density at radius 3 is 1.95 bits per heavy atom. The summed E-state index contributed by atoms with van der Waals surface area (Å²) in [6, 6.07) is 17.8. The Morgan fingerprint density at radius 2 is 1.51 bits per heavy atom. The molecule has 2 aromatic carbocycles. The van der Waals surface area contributed by atoms with Gasteiger partial charge in [-0.3, -0.25) is 4.79 Å². The van der Waals surface area contributed by atoms with Gasteiger partial charge in [0.1, 0.15) is 6.04 Å². The zero-order valence-corrected chi connectivity index (χ0v) is 21.4. The van der Waals surface area contributed by atoms with E-state index in [2.05, 4.69) is 28.8 Å². The van der Waals surface area contributed by atoms with Crippen LogP contribution in [0, 0.1) is 11.3 Å². The van der Waals surface area contributed by atoms with Crippen molar-refractivity contribution in [2.75, 3.05) is 6.54 Å². The number of carboxylic acids is 2. The number of hydrogen-bond acceptors (Lipinski definition) is 6. The van der Waals surface area contributed by atoms with E-state index in [0.29, 0.717) is 13.0 Å². The molecule has 9 nitrogen and oxygen atoms in total. The fourth-order valence-electron chi connectivity index (χ4n) is 3.42. The molecule has 1 saturated heterocycles. The molecule has 2 atom stereocenters. The number of halogens is 6. The Hall–Kier alpha value is -4.16. The van der Waals surface area contributed by atoms with E-state index in [4.69, 9.17) is 25.5 Å². The predicted molar refractivity (Wildman–Crippen MR) is 134 cm³/mol. The summed E-state index contributed by atoms with van der Waals surface area (Å²) in [5, 5.41) is 29.8. The summed E-state index contributed by atoms with van der Waals surface area (Å²) in [4.78, 5) is 30.1. The van der Waals surface area contributed by atoms with Gasteiger partial charge in [0.05, 0.1) is 12.1 Å². The van der Waals surface area contributed by atoms with Crippen molar-refractivity contribution in [3.05, 3.63) is 59.7 Å². The lowest BCUT2D eigenvalue weighted by Gasteiger charge is -2.23. The topological polar surface area (TPSA) is 166 Å². The molecule has 0 aliphatic carbocycles. The van der Waals surface area contributed by atoms with Crippen molar-refractivity contribution in [3.8, 4) is 17.2 Å². The quantitative estimate of drug-likeness (QED) is 0.317. The van der Waals surface area contributed by atoms with E-state index >= 15 is 0 Å². The van der Waals surface area contributed by atoms with Crippen LogP contribution in [-0.2, 0) is 27.3 Å². The van der Waals surface area contributed by atoms with Crippen LogP contribution in [0.3, 0.4) is 0 Å². The molecule has 0 spiro atoms. The first-order valence-electron chi connectivity index (χ1n) is 12.0. The van der Waals surface area contributed by atoms with Crippen molar-refractivity contribution in [1.82, 2.24) is 10.6 Å². The van der Waals surface area contributed by atoms with Gasteiger partial charge in [0.2, 0.25) is 5.91 Å². The average molecular weight is 591 g/mol. The minimum absolute atomic E-state index is 0.0727. The number of carbonyl (C=O) groups is 3. The molecule has 1 heterocycles. The number of rotatable bonds is 6. The smallest absolute Gasteiger partial charge is 0.475 e. The van der Waals surface area contributed by atoms with Crippen LogP contribution in [0.1, 0.15) is 30.4 Å². The van der Waals surface area contributed by atoms with E-state index in [-0.39, 0.29) is 11.9 Å². The van der Waals surface area contributed by atoms with Crippen molar-refractivity contribution in [2.24, 2.45) is 5.73 Å². The molecule has 0 unspecified atom stereocenters. The number of amides is 1. The SMILES string of the molecule is N#C[C@H](Cc1ccc(-c2cccc(CN)c2)cc1)NC(=O)[C@@H]1CCCCN1.O=C(O)C(F)(F)F.O=C(O)C(F)(F)F. The molecule has 1 aliphatic rings. The van der Waals surface area contributed by atoms with Crippen LogP contribution in [0.25, 0.3) is 11.1 Å². The molecule has 0 saturated carbocycles. The van der Waals surface area contributed by atoms with Gasteiger partial charge in [-0.15, -0.1) is 0 Å². The summed E-state index contributed by atoms with van der Waals surface area (Å²) >= 11 is 0. The van der Waals surface area contributed by atoms with Gasteiger partial charge in [-0.05, 0) is 47.7 Å². The van der Waals surface area contributed by atoms with Gasteiger partial charge >= 0.3 is 24.3 Å². The Bertz CT molecular complexity index is 1170. The molecule has 1 amide bonds. The number of alkyl halides is 6. The van der Waals surface area contributed by atoms with Gasteiger partial charge < -0.3 is 26.6 Å². The summed E-state index contributed by atoms with van der Waals surface area (Å²) in [6.07, 6.45) is -6.68. The van der Waals surface area contributed by atoms with Gasteiger partial charge in [-0.1, -0.05) is 48.9 Å². The maximum atomic E-state index is 12.3. The maximum Gasteiger partial charge on any atom is 0.490 e. The Balaban J connectivity index is 0.000000497. The number of nitrogens with one attached hydrogen (secondary N) is 2. The number of nitrogens with two attached hydrogens (primary N) is 1. The second-order valence-corrected chi connectivity index (χ2v) is 8.60. The number of nitrogens with zero attached hydrogens (tertiary/aromatic N) is 1. The normalized spacial score (nSPS) is 15.5. The van der Waals surface area contributed by atoms with E-state index in [0.717, 1.165) is 48.1 Å². The summed E-state index contributed by atoms with van der Waals surface area (Å²) in [5.74, 6) is -5.59. The molecule has 224 valence electrons. The second-order valence-electron chi connectivity index (χ2n) is 8.60. The van der Waals surface area contributed by atoms with Crippen molar-refractivity contribution in [1.29, 1.82) is 5.26 Å². The number of aliphatic carboxylic acids is 2. The standard InChI is InChI=1S/C22H26N4O.2C2HF3O2/c23-14-17-4-3-5-19(12-17)18-9-7-16(8-10-18)13-20(15-24)26-22(27)21-6-1-2-11-25-21;2*3-2(4,5)1(6)7/h3-5,7-10,12,20-21,25H,1-2,6,11,13-14,23H2,(H,26,27);2*(H,6,7)/t20-,21-;;/m0../s1. The average Bonchev–Trinajstić information content (AvgIpc) is 2.93. The lowest BCUT2D eigenvalue weighted by atomic mass is 9.99. The molecule has 6 N–H and O–H groups in total. The molecule has 0 bridgehead atoms.